The van der Waals surface area contributed by atoms with E-state index in [0.717, 1.165) is 22.0 Å². The molecule has 1 heterocycles. The number of hydrogen-bond acceptors (Lipinski definition) is 1. The molecule has 2 aromatic carbocycles. The van der Waals surface area contributed by atoms with Gasteiger partial charge >= 0.3 is 0 Å². The van der Waals surface area contributed by atoms with Crippen LogP contribution in [0.2, 0.25) is 0 Å². The highest BCUT2D eigenvalue weighted by Crippen LogP contribution is 2.30. The van der Waals surface area contributed by atoms with Gasteiger partial charge in [-0.1, -0.05) is 42.5 Å². The number of rotatable bonds is 2. The van der Waals surface area contributed by atoms with Gasteiger partial charge in [-0.15, -0.1) is 0 Å². The van der Waals surface area contributed by atoms with Crippen LogP contribution in [0.15, 0.2) is 54.7 Å². The summed E-state index contributed by atoms with van der Waals surface area (Å²) < 4.78 is 0. The summed E-state index contributed by atoms with van der Waals surface area (Å²) in [6.07, 6.45) is 1.67. The number of carbonyl (C=O) groups excluding carboxylic acids is 1. The first kappa shape index (κ1) is 10.6. The van der Waals surface area contributed by atoms with Crippen LogP contribution in [0.1, 0.15) is 10.4 Å². The van der Waals surface area contributed by atoms with Crippen molar-refractivity contribution in [2.75, 3.05) is 0 Å². The Balaban J connectivity index is 2.36. The highest BCUT2D eigenvalue weighted by molar-refractivity contribution is 6.11. The highest BCUT2D eigenvalue weighted by atomic mass is 16.1. The average Bonchev–Trinajstić information content (AvgIpc) is 2.83. The number of primary amides is 1. The van der Waals surface area contributed by atoms with Gasteiger partial charge in [0.05, 0.1) is 5.56 Å². The zero-order valence-corrected chi connectivity index (χ0v) is 9.68. The molecule has 3 heteroatoms. The molecule has 0 aliphatic rings. The van der Waals surface area contributed by atoms with Gasteiger partial charge < -0.3 is 10.7 Å². The molecule has 0 saturated heterocycles. The number of nitrogens with two attached hydrogens (primary N) is 1. The highest BCUT2D eigenvalue weighted by Gasteiger charge is 2.13. The Bertz CT molecular complexity index is 714. The van der Waals surface area contributed by atoms with Crippen LogP contribution in [0.5, 0.6) is 0 Å². The normalized spacial score (nSPS) is 10.7. The minimum Gasteiger partial charge on any atom is -0.366 e. The van der Waals surface area contributed by atoms with Crippen LogP contribution in [0, 0.1) is 0 Å². The molecule has 3 N–H and O–H groups in total. The van der Waals surface area contributed by atoms with Gasteiger partial charge in [0.25, 0.3) is 5.91 Å². The van der Waals surface area contributed by atoms with Gasteiger partial charge in [-0.25, -0.2) is 0 Å². The number of aromatic amines is 1. The Morgan fingerprint density at radius 1 is 1.00 bits per heavy atom. The van der Waals surface area contributed by atoms with Crippen molar-refractivity contribution < 1.29 is 4.79 Å². The van der Waals surface area contributed by atoms with Crippen molar-refractivity contribution in [3.05, 3.63) is 60.3 Å². The summed E-state index contributed by atoms with van der Waals surface area (Å²) in [4.78, 5) is 14.5. The van der Waals surface area contributed by atoms with Crippen molar-refractivity contribution >= 4 is 16.8 Å². The summed E-state index contributed by atoms with van der Waals surface area (Å²) in [6.45, 7) is 0. The molecule has 0 aliphatic carbocycles. The van der Waals surface area contributed by atoms with Crippen molar-refractivity contribution in [3.63, 3.8) is 0 Å². The van der Waals surface area contributed by atoms with Crippen molar-refractivity contribution in [1.29, 1.82) is 0 Å². The van der Waals surface area contributed by atoms with E-state index in [4.69, 9.17) is 5.73 Å². The second-order valence-electron chi connectivity index (χ2n) is 4.16. The molecule has 1 amide bonds. The molecule has 0 aliphatic heterocycles. The third-order valence-corrected chi connectivity index (χ3v) is 3.06. The molecular weight excluding hydrogens is 224 g/mol. The lowest BCUT2D eigenvalue weighted by Gasteiger charge is -2.05. The molecule has 1 aromatic heterocycles. The van der Waals surface area contributed by atoms with E-state index >= 15 is 0 Å². The number of nitrogens with one attached hydrogen (secondary N) is 1. The Hall–Kier alpha value is -2.55. The van der Waals surface area contributed by atoms with Crippen LogP contribution in [-0.4, -0.2) is 10.9 Å². The summed E-state index contributed by atoms with van der Waals surface area (Å²) >= 11 is 0. The van der Waals surface area contributed by atoms with Crippen molar-refractivity contribution in [3.8, 4) is 11.1 Å². The lowest BCUT2D eigenvalue weighted by atomic mass is 9.99. The molecule has 0 bridgehead atoms. The van der Waals surface area contributed by atoms with Crippen LogP contribution in [0.25, 0.3) is 22.0 Å². The first-order valence-corrected chi connectivity index (χ1v) is 5.72. The number of aromatic nitrogens is 1. The zero-order valence-electron chi connectivity index (χ0n) is 9.68. The third-order valence-electron chi connectivity index (χ3n) is 3.06. The summed E-state index contributed by atoms with van der Waals surface area (Å²) in [5.74, 6) is -0.412. The minimum atomic E-state index is -0.412. The van der Waals surface area contributed by atoms with E-state index in [1.807, 2.05) is 48.5 Å². The Labute approximate surface area is 104 Å². The topological polar surface area (TPSA) is 58.9 Å². The summed E-state index contributed by atoms with van der Waals surface area (Å²) in [5, 5.41) is 0.885. The van der Waals surface area contributed by atoms with Gasteiger partial charge in [0.15, 0.2) is 0 Å². The summed E-state index contributed by atoms with van der Waals surface area (Å²) in [5.41, 5.74) is 8.96. The monoisotopic (exact) mass is 236 g/mol. The molecule has 0 saturated carbocycles. The van der Waals surface area contributed by atoms with E-state index in [0.29, 0.717) is 5.56 Å². The number of H-pyrrole nitrogens is 1. The number of hydrogen-bond donors (Lipinski definition) is 2. The third kappa shape index (κ3) is 1.57. The number of fused-ring (bicyclic) bond motifs is 1. The fraction of sp³-hybridized carbons (Fsp3) is 0. The lowest BCUT2D eigenvalue weighted by Crippen LogP contribution is -2.10. The van der Waals surface area contributed by atoms with E-state index in [1.54, 1.807) is 6.20 Å². The van der Waals surface area contributed by atoms with Crippen LogP contribution in [0.3, 0.4) is 0 Å². The molecule has 3 nitrogen and oxygen atoms in total. The summed E-state index contributed by atoms with van der Waals surface area (Å²) in [7, 11) is 0. The molecule has 3 rings (SSSR count). The fourth-order valence-electron chi connectivity index (χ4n) is 2.24. The maximum Gasteiger partial charge on any atom is 0.250 e. The van der Waals surface area contributed by atoms with Crippen molar-refractivity contribution in [1.82, 2.24) is 4.98 Å². The lowest BCUT2D eigenvalue weighted by molar-refractivity contribution is 0.100. The Morgan fingerprint density at radius 2 is 1.78 bits per heavy atom. The van der Waals surface area contributed by atoms with E-state index in [2.05, 4.69) is 4.98 Å². The first-order chi connectivity index (χ1) is 8.77. The van der Waals surface area contributed by atoms with Gasteiger partial charge in [-0.05, 0) is 17.2 Å². The van der Waals surface area contributed by atoms with Crippen LogP contribution in [-0.2, 0) is 0 Å². The standard InChI is InChI=1S/C15H12N2O/c16-15(18)12-9-17-13-8-4-7-11(14(12)13)10-5-2-1-3-6-10/h1-9,17H,(H2,16,18). The van der Waals surface area contributed by atoms with E-state index < -0.39 is 5.91 Å². The maximum atomic E-state index is 11.5. The quantitative estimate of drug-likeness (QED) is 0.706. The van der Waals surface area contributed by atoms with Gasteiger partial charge in [0.1, 0.15) is 0 Å². The molecule has 0 fully saturated rings. The predicted octanol–water partition coefficient (Wildman–Crippen LogP) is 2.93. The van der Waals surface area contributed by atoms with Crippen LogP contribution < -0.4 is 5.73 Å². The second kappa shape index (κ2) is 4.04. The average molecular weight is 236 g/mol. The van der Waals surface area contributed by atoms with E-state index in [1.165, 1.54) is 0 Å². The zero-order chi connectivity index (χ0) is 12.5. The molecule has 0 spiro atoms. The molecular formula is C15H12N2O. The first-order valence-electron chi connectivity index (χ1n) is 5.72. The van der Waals surface area contributed by atoms with E-state index in [9.17, 15) is 4.79 Å². The number of benzene rings is 2. The summed E-state index contributed by atoms with van der Waals surface area (Å²) in [6, 6.07) is 15.9. The molecule has 0 unspecified atom stereocenters. The predicted molar refractivity (Wildman–Crippen MR) is 72.3 cm³/mol. The smallest absolute Gasteiger partial charge is 0.250 e. The van der Waals surface area contributed by atoms with Crippen LogP contribution in [0.4, 0.5) is 0 Å². The van der Waals surface area contributed by atoms with Crippen LogP contribution >= 0.6 is 0 Å². The largest absolute Gasteiger partial charge is 0.366 e. The molecule has 88 valence electrons. The Kier molecular flexibility index (Phi) is 2.38. The van der Waals surface area contributed by atoms with E-state index in [-0.39, 0.29) is 0 Å². The molecule has 18 heavy (non-hydrogen) atoms. The van der Waals surface area contributed by atoms with Gasteiger partial charge in [-0.2, -0.15) is 0 Å². The molecule has 0 radical (unpaired) electrons. The van der Waals surface area contributed by atoms with Gasteiger partial charge in [0.2, 0.25) is 0 Å². The number of carbonyl (C=O) groups is 1. The van der Waals surface area contributed by atoms with Gasteiger partial charge in [-0.3, -0.25) is 4.79 Å². The molecule has 0 atom stereocenters. The molecule has 3 aromatic rings. The SMILES string of the molecule is NC(=O)c1c[nH]c2cccc(-c3ccccc3)c12. The second-order valence-corrected chi connectivity index (χ2v) is 4.16. The Morgan fingerprint density at radius 3 is 2.50 bits per heavy atom. The maximum absolute atomic E-state index is 11.5. The van der Waals surface area contributed by atoms with Crippen molar-refractivity contribution in [2.45, 2.75) is 0 Å². The van der Waals surface area contributed by atoms with Crippen molar-refractivity contribution in [2.24, 2.45) is 5.73 Å². The van der Waals surface area contributed by atoms with Gasteiger partial charge in [0, 0.05) is 17.1 Å². The fourth-order valence-corrected chi connectivity index (χ4v) is 2.24. The minimum absolute atomic E-state index is 0.412. The number of amides is 1.